The van der Waals surface area contributed by atoms with Gasteiger partial charge in [0.05, 0.1) is 30.3 Å². The lowest BCUT2D eigenvalue weighted by Crippen LogP contribution is -2.38. The van der Waals surface area contributed by atoms with E-state index < -0.39 is 23.1 Å². The Morgan fingerprint density at radius 2 is 2.09 bits per heavy atom. The van der Waals surface area contributed by atoms with Crippen LogP contribution in [0.3, 0.4) is 0 Å². The van der Waals surface area contributed by atoms with Crippen molar-refractivity contribution in [2.75, 3.05) is 11.9 Å². The van der Waals surface area contributed by atoms with Gasteiger partial charge in [0.15, 0.2) is 17.1 Å². The second-order valence-electron chi connectivity index (χ2n) is 7.61. The number of benzene rings is 1. The maximum absolute atomic E-state index is 14.2. The Bertz CT molecular complexity index is 1440. The molecule has 3 aromatic heterocycles. The summed E-state index contributed by atoms with van der Waals surface area (Å²) in [6.07, 6.45) is 1.12. The highest BCUT2D eigenvalue weighted by Crippen LogP contribution is 2.46. The number of nitrogens with one attached hydrogen (secondary N) is 1. The first-order chi connectivity index (χ1) is 15.4. The number of fused-ring (bicyclic) bond motifs is 1. The summed E-state index contributed by atoms with van der Waals surface area (Å²) in [6.45, 7) is 0.137. The number of pyridine rings is 1. The summed E-state index contributed by atoms with van der Waals surface area (Å²) in [4.78, 5) is 25.1. The molecule has 0 fully saturated rings. The zero-order valence-electron chi connectivity index (χ0n) is 16.3. The summed E-state index contributed by atoms with van der Waals surface area (Å²) in [5.41, 5.74) is -0.705. The second-order valence-corrected chi connectivity index (χ2v) is 7.61. The number of aromatic nitrogens is 5. The molecule has 0 saturated heterocycles. The molecule has 0 unspecified atom stereocenters. The van der Waals surface area contributed by atoms with Gasteiger partial charge in [0, 0.05) is 12.0 Å². The molecule has 0 saturated carbocycles. The first-order valence-electron chi connectivity index (χ1n) is 9.79. The van der Waals surface area contributed by atoms with Gasteiger partial charge in [-0.05, 0) is 12.1 Å². The fourth-order valence-corrected chi connectivity index (χ4v) is 4.07. The van der Waals surface area contributed by atoms with Gasteiger partial charge in [0.2, 0.25) is 5.88 Å². The third-order valence-electron chi connectivity index (χ3n) is 5.64. The third kappa shape index (κ3) is 2.61. The van der Waals surface area contributed by atoms with E-state index in [9.17, 15) is 18.7 Å². The first-order valence-corrected chi connectivity index (χ1v) is 9.79. The molecular formula is C21H14F2N6O3. The minimum atomic E-state index is -1.75. The van der Waals surface area contributed by atoms with Crippen molar-refractivity contribution < 1.29 is 23.4 Å². The van der Waals surface area contributed by atoms with E-state index in [2.05, 4.69) is 25.4 Å². The summed E-state index contributed by atoms with van der Waals surface area (Å²) >= 11 is 0. The number of hydrogen-bond donors (Lipinski definition) is 2. The quantitative estimate of drug-likeness (QED) is 0.506. The molecule has 1 amide bonds. The van der Waals surface area contributed by atoms with Gasteiger partial charge >= 0.3 is 0 Å². The van der Waals surface area contributed by atoms with E-state index >= 15 is 0 Å². The highest BCUT2D eigenvalue weighted by Gasteiger charge is 2.51. The molecule has 5 heterocycles. The van der Waals surface area contributed by atoms with E-state index in [4.69, 9.17) is 4.74 Å². The van der Waals surface area contributed by atoms with E-state index in [1.54, 1.807) is 18.2 Å². The van der Waals surface area contributed by atoms with Gasteiger partial charge in [-0.25, -0.2) is 23.4 Å². The minimum Gasteiger partial charge on any atom is -0.477 e. The van der Waals surface area contributed by atoms with Crippen LogP contribution in [0.1, 0.15) is 17.5 Å². The lowest BCUT2D eigenvalue weighted by molar-refractivity contribution is -0.136. The fourth-order valence-electron chi connectivity index (χ4n) is 4.07. The monoisotopic (exact) mass is 436 g/mol. The van der Waals surface area contributed by atoms with Crippen LogP contribution in [0.25, 0.3) is 22.6 Å². The number of hydrogen-bond acceptors (Lipinski definition) is 7. The molecule has 1 atom stereocenters. The predicted octanol–water partition coefficient (Wildman–Crippen LogP) is 2.14. The molecule has 160 valence electrons. The minimum absolute atomic E-state index is 0.0482. The van der Waals surface area contributed by atoms with Crippen LogP contribution in [0.4, 0.5) is 14.6 Å². The Kier molecular flexibility index (Phi) is 3.81. The average molecular weight is 436 g/mol. The number of ether oxygens (including phenoxy) is 1. The van der Waals surface area contributed by atoms with Crippen LogP contribution in [0.5, 0.6) is 5.88 Å². The summed E-state index contributed by atoms with van der Waals surface area (Å²) < 4.78 is 35.3. The SMILES string of the molecule is O=C1Nc2nc(-c3nn(Cc4ccccc4F)c4ncc(F)cc34)nc3c2[C@]1(O)CCO3. The molecule has 11 heteroatoms. The molecule has 0 bridgehead atoms. The Balaban J connectivity index is 1.54. The van der Waals surface area contributed by atoms with Crippen molar-refractivity contribution in [1.82, 2.24) is 24.7 Å². The number of carbonyl (C=O) groups is 1. The molecule has 9 nitrogen and oxygen atoms in total. The van der Waals surface area contributed by atoms with Gasteiger partial charge in [-0.15, -0.1) is 0 Å². The van der Waals surface area contributed by atoms with Gasteiger partial charge in [0.25, 0.3) is 5.91 Å². The lowest BCUT2D eigenvalue weighted by Gasteiger charge is -2.26. The van der Waals surface area contributed by atoms with Crippen LogP contribution < -0.4 is 10.1 Å². The van der Waals surface area contributed by atoms with E-state index in [0.717, 1.165) is 6.20 Å². The summed E-state index contributed by atoms with van der Waals surface area (Å²) in [6, 6.07) is 7.48. The van der Waals surface area contributed by atoms with Crippen molar-refractivity contribution in [3.63, 3.8) is 0 Å². The van der Waals surface area contributed by atoms with Crippen molar-refractivity contribution in [1.29, 1.82) is 0 Å². The number of aliphatic hydroxyl groups is 1. The smallest absolute Gasteiger partial charge is 0.262 e. The van der Waals surface area contributed by atoms with Crippen LogP contribution in [0.2, 0.25) is 0 Å². The number of carbonyl (C=O) groups excluding carboxylic acids is 1. The molecule has 2 N–H and O–H groups in total. The van der Waals surface area contributed by atoms with Gasteiger partial charge in [-0.2, -0.15) is 10.1 Å². The maximum Gasteiger partial charge on any atom is 0.262 e. The standard InChI is InChI=1S/C21H14F2N6O3/c22-11-7-12-15(28-29(18(12)24-8-11)9-10-3-1-2-4-13(10)23)17-25-16-14-19(26-17)32-6-5-21(14,31)20(30)27-16/h1-4,7-8,31H,5-6,9H2,(H,25,26,27,30)/t21-/m1/s1. The second kappa shape index (κ2) is 6.50. The molecule has 2 aliphatic rings. The zero-order chi connectivity index (χ0) is 22.0. The van der Waals surface area contributed by atoms with Crippen LogP contribution in [-0.4, -0.2) is 42.4 Å². The molecule has 1 aromatic carbocycles. The number of anilines is 1. The Morgan fingerprint density at radius 3 is 2.94 bits per heavy atom. The van der Waals surface area contributed by atoms with E-state index in [0.29, 0.717) is 16.6 Å². The largest absolute Gasteiger partial charge is 0.477 e. The molecule has 32 heavy (non-hydrogen) atoms. The molecule has 6 rings (SSSR count). The Hall–Kier alpha value is -3.99. The molecular weight excluding hydrogens is 422 g/mol. The van der Waals surface area contributed by atoms with E-state index in [1.165, 1.54) is 16.8 Å². The van der Waals surface area contributed by atoms with Gasteiger partial charge in [0.1, 0.15) is 23.1 Å². The molecule has 2 aliphatic heterocycles. The van der Waals surface area contributed by atoms with Crippen LogP contribution in [-0.2, 0) is 16.9 Å². The van der Waals surface area contributed by atoms with Gasteiger partial charge in [-0.1, -0.05) is 18.2 Å². The van der Waals surface area contributed by atoms with Crippen LogP contribution in [0, 0.1) is 11.6 Å². The van der Waals surface area contributed by atoms with Crippen molar-refractivity contribution in [3.8, 4) is 17.4 Å². The summed E-state index contributed by atoms with van der Waals surface area (Å²) in [5.74, 6) is -1.39. The van der Waals surface area contributed by atoms with E-state index in [1.807, 2.05) is 0 Å². The fraction of sp³-hybridized carbons (Fsp3) is 0.190. The molecule has 0 aliphatic carbocycles. The normalized spacial score (nSPS) is 19.0. The van der Waals surface area contributed by atoms with Crippen molar-refractivity contribution in [3.05, 3.63) is 59.3 Å². The number of rotatable bonds is 3. The van der Waals surface area contributed by atoms with Gasteiger partial charge in [-0.3, -0.25) is 4.79 Å². The van der Waals surface area contributed by atoms with Crippen molar-refractivity contribution in [2.45, 2.75) is 18.6 Å². The summed E-state index contributed by atoms with van der Waals surface area (Å²) in [7, 11) is 0. The van der Waals surface area contributed by atoms with Crippen molar-refractivity contribution >= 4 is 22.8 Å². The van der Waals surface area contributed by atoms with Crippen molar-refractivity contribution in [2.24, 2.45) is 0 Å². The maximum atomic E-state index is 14.2. The van der Waals surface area contributed by atoms with Gasteiger partial charge < -0.3 is 15.2 Å². The number of amides is 1. The predicted molar refractivity (Wildman–Crippen MR) is 107 cm³/mol. The number of halogens is 2. The van der Waals surface area contributed by atoms with Crippen LogP contribution >= 0.6 is 0 Å². The molecule has 0 radical (unpaired) electrons. The average Bonchev–Trinajstić information content (AvgIpc) is 3.25. The lowest BCUT2D eigenvalue weighted by atomic mass is 9.92. The van der Waals surface area contributed by atoms with Crippen LogP contribution in [0.15, 0.2) is 36.5 Å². The Morgan fingerprint density at radius 1 is 1.25 bits per heavy atom. The zero-order valence-corrected chi connectivity index (χ0v) is 16.3. The molecule has 4 aromatic rings. The highest BCUT2D eigenvalue weighted by atomic mass is 19.1. The first kappa shape index (κ1) is 18.8. The Labute approximate surface area is 178 Å². The van der Waals surface area contributed by atoms with E-state index in [-0.39, 0.29) is 48.4 Å². The highest BCUT2D eigenvalue weighted by molar-refractivity contribution is 6.05. The topological polar surface area (TPSA) is 115 Å². The summed E-state index contributed by atoms with van der Waals surface area (Å²) in [5, 5.41) is 18.1. The number of nitrogens with zero attached hydrogens (tertiary/aromatic N) is 5. The third-order valence-corrected chi connectivity index (χ3v) is 5.64. The molecule has 0 spiro atoms.